The Kier molecular flexibility index (Phi) is 4.10. The van der Waals surface area contributed by atoms with E-state index < -0.39 is 11.4 Å². The van der Waals surface area contributed by atoms with Gasteiger partial charge in [0.15, 0.2) is 0 Å². The summed E-state index contributed by atoms with van der Waals surface area (Å²) in [5.74, 6) is -1.08. The normalized spacial score (nSPS) is 16.5. The smallest absolute Gasteiger partial charge is 0.310 e. The van der Waals surface area contributed by atoms with Gasteiger partial charge in [0.05, 0.1) is 5.41 Å². The first kappa shape index (κ1) is 13.9. The van der Waals surface area contributed by atoms with Gasteiger partial charge in [-0.3, -0.25) is 9.59 Å². The predicted molar refractivity (Wildman–Crippen MR) is 71.8 cm³/mol. The summed E-state index contributed by atoms with van der Waals surface area (Å²) in [5.41, 5.74) is 0.0668. The van der Waals surface area contributed by atoms with Crippen molar-refractivity contribution in [3.63, 3.8) is 0 Å². The van der Waals surface area contributed by atoms with Gasteiger partial charge in [0.2, 0.25) is 5.91 Å². The fraction of sp³-hybridized carbons (Fsp3) is 0.429. The average molecular weight is 282 g/mol. The fourth-order valence-corrected chi connectivity index (χ4v) is 2.50. The van der Waals surface area contributed by atoms with E-state index in [4.69, 9.17) is 16.7 Å². The van der Waals surface area contributed by atoms with Gasteiger partial charge in [-0.25, -0.2) is 0 Å². The molecule has 0 aliphatic heterocycles. The van der Waals surface area contributed by atoms with Crippen LogP contribution in [0.3, 0.4) is 0 Å². The molecule has 0 atom stereocenters. The highest BCUT2D eigenvalue weighted by molar-refractivity contribution is 6.30. The predicted octanol–water partition coefficient (Wildman–Crippen LogP) is 2.60. The van der Waals surface area contributed by atoms with Crippen molar-refractivity contribution in [2.24, 2.45) is 5.41 Å². The number of hydrogen-bond donors (Lipinski definition) is 2. The number of rotatable bonds is 5. The summed E-state index contributed by atoms with van der Waals surface area (Å²) in [5, 5.41) is 12.5. The lowest BCUT2D eigenvalue weighted by atomic mass is 9.66. The number of benzene rings is 1. The van der Waals surface area contributed by atoms with Gasteiger partial charge in [-0.15, -0.1) is 0 Å². The quantitative estimate of drug-likeness (QED) is 0.872. The monoisotopic (exact) mass is 281 g/mol. The van der Waals surface area contributed by atoms with Gasteiger partial charge >= 0.3 is 5.97 Å². The lowest BCUT2D eigenvalue weighted by Gasteiger charge is -2.36. The molecule has 2 N–H and O–H groups in total. The Morgan fingerprint density at radius 2 is 2.11 bits per heavy atom. The van der Waals surface area contributed by atoms with E-state index in [9.17, 15) is 9.59 Å². The molecule has 0 aromatic heterocycles. The third-order valence-corrected chi connectivity index (χ3v) is 3.88. The molecule has 1 aromatic rings. The van der Waals surface area contributed by atoms with Gasteiger partial charge in [0.25, 0.3) is 0 Å². The molecule has 0 heterocycles. The van der Waals surface area contributed by atoms with Crippen molar-refractivity contribution in [2.45, 2.75) is 32.2 Å². The van der Waals surface area contributed by atoms with E-state index in [1.54, 1.807) is 12.1 Å². The second kappa shape index (κ2) is 5.61. The molecule has 1 fully saturated rings. The van der Waals surface area contributed by atoms with E-state index in [2.05, 4.69) is 5.32 Å². The maximum Gasteiger partial charge on any atom is 0.310 e. The SMILES string of the molecule is O=C(CC1(C(=O)O)CCC1)NCc1cccc(Cl)c1. The molecular weight excluding hydrogens is 266 g/mol. The Bertz CT molecular complexity index is 497. The molecule has 5 heteroatoms. The van der Waals surface area contributed by atoms with Crippen molar-refractivity contribution in [1.29, 1.82) is 0 Å². The van der Waals surface area contributed by atoms with Crippen LogP contribution in [0.5, 0.6) is 0 Å². The van der Waals surface area contributed by atoms with Crippen LogP contribution < -0.4 is 5.32 Å². The molecule has 0 radical (unpaired) electrons. The second-order valence-corrected chi connectivity index (χ2v) is 5.46. The van der Waals surface area contributed by atoms with Gasteiger partial charge in [0.1, 0.15) is 0 Å². The number of carboxylic acid groups (broad SMARTS) is 1. The number of carboxylic acids is 1. The van der Waals surface area contributed by atoms with Crippen LogP contribution in [0.15, 0.2) is 24.3 Å². The minimum Gasteiger partial charge on any atom is -0.481 e. The van der Waals surface area contributed by atoms with Crippen LogP contribution in [0.25, 0.3) is 0 Å². The standard InChI is InChI=1S/C14H16ClNO3/c15-11-4-1-3-10(7-11)9-16-12(17)8-14(13(18)19)5-2-6-14/h1,3-4,7H,2,5-6,8-9H2,(H,16,17)(H,18,19). The Balaban J connectivity index is 1.86. The molecule has 1 aromatic carbocycles. The van der Waals surface area contributed by atoms with Gasteiger partial charge in [-0.05, 0) is 30.5 Å². The van der Waals surface area contributed by atoms with Crippen molar-refractivity contribution in [3.8, 4) is 0 Å². The summed E-state index contributed by atoms with van der Waals surface area (Å²) in [6.45, 7) is 0.370. The Hall–Kier alpha value is -1.55. The van der Waals surface area contributed by atoms with Crippen molar-refractivity contribution in [2.75, 3.05) is 0 Å². The zero-order chi connectivity index (χ0) is 13.9. The number of halogens is 1. The molecule has 1 saturated carbocycles. The molecule has 0 saturated heterocycles. The van der Waals surface area contributed by atoms with Crippen LogP contribution in [0.2, 0.25) is 5.02 Å². The van der Waals surface area contributed by atoms with Gasteiger partial charge in [-0.1, -0.05) is 30.2 Å². The molecule has 1 aliphatic carbocycles. The summed E-state index contributed by atoms with van der Waals surface area (Å²) in [6.07, 6.45) is 2.12. The van der Waals surface area contributed by atoms with E-state index in [1.165, 1.54) is 0 Å². The largest absolute Gasteiger partial charge is 0.481 e. The number of carbonyl (C=O) groups is 2. The lowest BCUT2D eigenvalue weighted by molar-refractivity contribution is -0.157. The first-order valence-electron chi connectivity index (χ1n) is 6.26. The van der Waals surface area contributed by atoms with Crippen LogP contribution in [0, 0.1) is 5.41 Å². The third kappa shape index (κ3) is 3.26. The fourth-order valence-electron chi connectivity index (χ4n) is 2.29. The Labute approximate surface area is 116 Å². The van der Waals surface area contributed by atoms with Gasteiger partial charge < -0.3 is 10.4 Å². The first-order chi connectivity index (χ1) is 9.02. The third-order valence-electron chi connectivity index (χ3n) is 3.64. The van der Waals surface area contributed by atoms with Gasteiger partial charge in [-0.2, -0.15) is 0 Å². The van der Waals surface area contributed by atoms with Crippen molar-refractivity contribution >= 4 is 23.5 Å². The van der Waals surface area contributed by atoms with E-state index in [0.29, 0.717) is 24.4 Å². The summed E-state index contributed by atoms with van der Waals surface area (Å²) in [6, 6.07) is 7.22. The summed E-state index contributed by atoms with van der Waals surface area (Å²) in [7, 11) is 0. The number of hydrogen-bond acceptors (Lipinski definition) is 2. The highest BCUT2D eigenvalue weighted by Gasteiger charge is 2.45. The van der Waals surface area contributed by atoms with Crippen LogP contribution in [0.4, 0.5) is 0 Å². The van der Waals surface area contributed by atoms with E-state index in [0.717, 1.165) is 12.0 Å². The minimum absolute atomic E-state index is 0.0584. The minimum atomic E-state index is -0.864. The molecule has 1 aliphatic rings. The topological polar surface area (TPSA) is 66.4 Å². The average Bonchev–Trinajstić information content (AvgIpc) is 2.31. The molecule has 19 heavy (non-hydrogen) atoms. The number of carbonyl (C=O) groups excluding carboxylic acids is 1. The molecule has 1 amide bonds. The van der Waals surface area contributed by atoms with E-state index >= 15 is 0 Å². The van der Waals surface area contributed by atoms with Crippen molar-refractivity contribution in [3.05, 3.63) is 34.9 Å². The summed E-state index contributed by atoms with van der Waals surface area (Å²) < 4.78 is 0. The van der Waals surface area contributed by atoms with Crippen LogP contribution in [-0.4, -0.2) is 17.0 Å². The highest BCUT2D eigenvalue weighted by Crippen LogP contribution is 2.44. The first-order valence-corrected chi connectivity index (χ1v) is 6.64. The molecule has 0 unspecified atom stereocenters. The number of nitrogens with one attached hydrogen (secondary N) is 1. The zero-order valence-corrected chi connectivity index (χ0v) is 11.2. The van der Waals surface area contributed by atoms with Crippen LogP contribution >= 0.6 is 11.6 Å². The van der Waals surface area contributed by atoms with Crippen LogP contribution in [-0.2, 0) is 16.1 Å². The van der Waals surface area contributed by atoms with E-state index in [-0.39, 0.29) is 12.3 Å². The summed E-state index contributed by atoms with van der Waals surface area (Å²) >= 11 is 5.85. The molecule has 2 rings (SSSR count). The maximum atomic E-state index is 11.8. The van der Waals surface area contributed by atoms with Crippen molar-refractivity contribution in [1.82, 2.24) is 5.32 Å². The highest BCUT2D eigenvalue weighted by atomic mass is 35.5. The lowest BCUT2D eigenvalue weighted by Crippen LogP contribution is -2.42. The number of aliphatic carboxylic acids is 1. The molecular formula is C14H16ClNO3. The zero-order valence-electron chi connectivity index (χ0n) is 10.5. The maximum absolute atomic E-state index is 11.8. The second-order valence-electron chi connectivity index (χ2n) is 5.02. The molecule has 4 nitrogen and oxygen atoms in total. The molecule has 0 bridgehead atoms. The molecule has 102 valence electrons. The van der Waals surface area contributed by atoms with Crippen molar-refractivity contribution < 1.29 is 14.7 Å². The van der Waals surface area contributed by atoms with E-state index in [1.807, 2.05) is 12.1 Å². The molecule has 0 spiro atoms. The van der Waals surface area contributed by atoms with Gasteiger partial charge in [0, 0.05) is 18.0 Å². The summed E-state index contributed by atoms with van der Waals surface area (Å²) in [4.78, 5) is 23.0. The number of amides is 1. The Morgan fingerprint density at radius 1 is 1.37 bits per heavy atom. The van der Waals surface area contributed by atoms with Crippen LogP contribution in [0.1, 0.15) is 31.2 Å². The Morgan fingerprint density at radius 3 is 2.63 bits per heavy atom.